The highest BCUT2D eigenvalue weighted by Crippen LogP contribution is 2.34. The molecule has 7 N–H and O–H groups in total. The van der Waals surface area contributed by atoms with E-state index in [0.717, 1.165) is 11.6 Å². The van der Waals surface area contributed by atoms with Crippen LogP contribution in [0.2, 0.25) is 0 Å². The van der Waals surface area contributed by atoms with Crippen molar-refractivity contribution in [1.29, 1.82) is 0 Å². The molecule has 13 heteroatoms. The van der Waals surface area contributed by atoms with Crippen LogP contribution in [0.4, 0.5) is 0 Å². The Kier molecular flexibility index (Phi) is 12.5. The van der Waals surface area contributed by atoms with Crippen LogP contribution < -0.4 is 0 Å². The fourth-order valence-electron chi connectivity index (χ4n) is 4.82. The van der Waals surface area contributed by atoms with Gasteiger partial charge >= 0.3 is 5.97 Å². The third-order valence-corrected chi connectivity index (χ3v) is 7.57. The Labute approximate surface area is 256 Å². The van der Waals surface area contributed by atoms with Gasteiger partial charge in [0.05, 0.1) is 18.3 Å². The highest BCUT2D eigenvalue weighted by atomic mass is 16.7. The molecular formula is C31H44O13. The van der Waals surface area contributed by atoms with Crippen molar-refractivity contribution in [3.8, 4) is 11.5 Å². The first-order valence-electron chi connectivity index (χ1n) is 14.3. The van der Waals surface area contributed by atoms with E-state index in [-0.39, 0.29) is 5.75 Å². The number of aromatic hydroxyl groups is 2. The van der Waals surface area contributed by atoms with Crippen LogP contribution in [0.15, 0.2) is 48.6 Å². The van der Waals surface area contributed by atoms with Gasteiger partial charge in [-0.3, -0.25) is 0 Å². The quantitative estimate of drug-likeness (QED) is 0.0752. The van der Waals surface area contributed by atoms with Gasteiger partial charge in [0.2, 0.25) is 0 Å². The highest BCUT2D eigenvalue weighted by Gasteiger charge is 2.53. The van der Waals surface area contributed by atoms with Gasteiger partial charge in [-0.25, -0.2) is 4.79 Å². The van der Waals surface area contributed by atoms with E-state index >= 15 is 0 Å². The minimum absolute atomic E-state index is 0.343. The Morgan fingerprint density at radius 1 is 1.00 bits per heavy atom. The Hall–Kier alpha value is -2.85. The summed E-state index contributed by atoms with van der Waals surface area (Å²) in [7, 11) is 0. The first kappa shape index (κ1) is 35.6. The third kappa shape index (κ3) is 8.87. The van der Waals surface area contributed by atoms with E-state index in [1.807, 2.05) is 19.9 Å². The molecule has 11 atom stereocenters. The average Bonchev–Trinajstić information content (AvgIpc) is 2.98. The lowest BCUT2D eigenvalue weighted by atomic mass is 9.95. The first-order valence-corrected chi connectivity index (χ1v) is 14.3. The molecule has 3 rings (SSSR count). The van der Waals surface area contributed by atoms with E-state index in [0.29, 0.717) is 18.4 Å². The van der Waals surface area contributed by atoms with Crippen LogP contribution in [0.25, 0.3) is 6.08 Å². The van der Waals surface area contributed by atoms with Crippen LogP contribution in [0.1, 0.15) is 46.1 Å². The largest absolute Gasteiger partial charge is 0.504 e. The molecule has 0 bridgehead atoms. The number of hydrogen-bond donors (Lipinski definition) is 7. The Bertz CT molecular complexity index is 1180. The summed E-state index contributed by atoms with van der Waals surface area (Å²) >= 11 is 0. The van der Waals surface area contributed by atoms with Crippen molar-refractivity contribution in [3.05, 3.63) is 54.1 Å². The lowest BCUT2D eigenvalue weighted by Crippen LogP contribution is -2.65. The lowest BCUT2D eigenvalue weighted by molar-refractivity contribution is -0.364. The minimum Gasteiger partial charge on any atom is -0.504 e. The maximum absolute atomic E-state index is 12.9. The van der Waals surface area contributed by atoms with Crippen LogP contribution in [-0.2, 0) is 28.5 Å². The van der Waals surface area contributed by atoms with Crippen molar-refractivity contribution in [2.45, 2.75) is 108 Å². The maximum Gasteiger partial charge on any atom is 0.331 e. The fraction of sp³-hybridized carbons (Fsp3) is 0.581. The molecule has 2 fully saturated rings. The van der Waals surface area contributed by atoms with E-state index in [1.54, 1.807) is 13.0 Å². The molecule has 2 saturated heterocycles. The fourth-order valence-corrected chi connectivity index (χ4v) is 4.82. The first-order chi connectivity index (χ1) is 20.7. The lowest BCUT2D eigenvalue weighted by Gasteiger charge is -2.47. The van der Waals surface area contributed by atoms with Crippen LogP contribution in [0.5, 0.6) is 11.5 Å². The zero-order valence-electron chi connectivity index (χ0n) is 25.2. The SMILES string of the molecule is C=CC(C)(CCC=C(C)C)O[C@@H]1O[C@H](CO)[C@@H](OC(=O)/C=C/c2ccc(O)c(O)c2)[C@H](O[C@@H]2O[C@@H](C)[C@H](O)[C@@H](O)[C@H]2O)[C@H]1O. The number of phenolic OH excluding ortho intramolecular Hbond substituents is 2. The summed E-state index contributed by atoms with van der Waals surface area (Å²) in [5, 5.41) is 71.9. The van der Waals surface area contributed by atoms with Gasteiger partial charge < -0.3 is 59.4 Å². The number of aliphatic hydroxyl groups excluding tert-OH is 5. The summed E-state index contributed by atoms with van der Waals surface area (Å²) in [6.45, 7) is 10.2. The Balaban J connectivity index is 1.89. The normalized spacial score (nSPS) is 33.8. The molecule has 1 aromatic rings. The van der Waals surface area contributed by atoms with Crippen molar-refractivity contribution >= 4 is 12.0 Å². The van der Waals surface area contributed by atoms with Crippen molar-refractivity contribution in [3.63, 3.8) is 0 Å². The van der Waals surface area contributed by atoms with E-state index in [9.17, 15) is 40.5 Å². The summed E-state index contributed by atoms with van der Waals surface area (Å²) in [6, 6.07) is 3.89. The second-order valence-electron chi connectivity index (χ2n) is 11.4. The molecule has 0 radical (unpaired) electrons. The molecule has 44 heavy (non-hydrogen) atoms. The van der Waals surface area contributed by atoms with Crippen LogP contribution in [0.3, 0.4) is 0 Å². The van der Waals surface area contributed by atoms with Crippen LogP contribution in [0, 0.1) is 0 Å². The number of ether oxygens (including phenoxy) is 5. The summed E-state index contributed by atoms with van der Waals surface area (Å²) in [5.41, 5.74) is 0.460. The topological polar surface area (TPSA) is 205 Å². The van der Waals surface area contributed by atoms with Crippen molar-refractivity contribution < 1.29 is 64.2 Å². The van der Waals surface area contributed by atoms with Gasteiger partial charge in [0.15, 0.2) is 30.2 Å². The van der Waals surface area contributed by atoms with E-state index < -0.39 is 85.3 Å². The Morgan fingerprint density at radius 2 is 1.70 bits per heavy atom. The van der Waals surface area contributed by atoms with Gasteiger partial charge in [-0.15, -0.1) is 6.58 Å². The number of aliphatic hydroxyl groups is 5. The molecule has 246 valence electrons. The van der Waals surface area contributed by atoms with Gasteiger partial charge in [-0.05, 0) is 64.3 Å². The van der Waals surface area contributed by atoms with E-state index in [2.05, 4.69) is 6.58 Å². The molecule has 2 heterocycles. The number of carbonyl (C=O) groups excluding carboxylic acids is 1. The zero-order valence-corrected chi connectivity index (χ0v) is 25.2. The molecule has 0 aliphatic carbocycles. The number of benzene rings is 1. The number of rotatable bonds is 12. The summed E-state index contributed by atoms with van der Waals surface area (Å²) in [5.74, 6) is -1.69. The number of hydrogen-bond acceptors (Lipinski definition) is 13. The molecule has 0 saturated carbocycles. The smallest absolute Gasteiger partial charge is 0.331 e. The van der Waals surface area contributed by atoms with E-state index in [1.165, 1.54) is 31.2 Å². The van der Waals surface area contributed by atoms with Gasteiger partial charge in [-0.2, -0.15) is 0 Å². The minimum atomic E-state index is -1.75. The van der Waals surface area contributed by atoms with Crippen LogP contribution >= 0.6 is 0 Å². The van der Waals surface area contributed by atoms with Crippen molar-refractivity contribution in [1.82, 2.24) is 0 Å². The third-order valence-electron chi connectivity index (χ3n) is 7.57. The number of esters is 1. The van der Waals surface area contributed by atoms with Gasteiger partial charge in [0.1, 0.15) is 36.6 Å². The molecular weight excluding hydrogens is 580 g/mol. The van der Waals surface area contributed by atoms with Gasteiger partial charge in [0.25, 0.3) is 0 Å². The highest BCUT2D eigenvalue weighted by molar-refractivity contribution is 5.87. The van der Waals surface area contributed by atoms with Crippen LogP contribution in [-0.4, -0.2) is 115 Å². The average molecular weight is 625 g/mol. The number of phenols is 2. The zero-order chi connectivity index (χ0) is 32.8. The predicted molar refractivity (Wildman–Crippen MR) is 156 cm³/mol. The predicted octanol–water partition coefficient (Wildman–Crippen LogP) is 1.02. The van der Waals surface area contributed by atoms with Crippen molar-refractivity contribution in [2.75, 3.05) is 6.61 Å². The molecule has 2 aliphatic heterocycles. The standard InChI is InChI=1S/C31H44O13/c1-6-31(5,13-7-8-16(2)3)44-30-26(39)28(43-29-25(38)24(37)23(36)17(4)40-29)27(21(15-32)41-30)42-22(35)12-10-18-9-11-19(33)20(34)14-18/h6,8-12,14,17,21,23-30,32-34,36-39H,1,7,13,15H2,2-5H3/b12-10+/t17-,21+,23-,24+,25+,26+,27+,28+,29-,30-,31?/m0/s1. The van der Waals surface area contributed by atoms with Gasteiger partial charge in [-0.1, -0.05) is 23.8 Å². The maximum atomic E-state index is 12.9. The molecule has 2 aliphatic rings. The van der Waals surface area contributed by atoms with Gasteiger partial charge in [0, 0.05) is 6.08 Å². The Morgan fingerprint density at radius 3 is 2.32 bits per heavy atom. The summed E-state index contributed by atoms with van der Waals surface area (Å²) in [6.07, 6.45) is -7.79. The van der Waals surface area contributed by atoms with Crippen molar-refractivity contribution in [2.24, 2.45) is 0 Å². The second-order valence-corrected chi connectivity index (χ2v) is 11.4. The number of allylic oxidation sites excluding steroid dienone is 2. The summed E-state index contributed by atoms with van der Waals surface area (Å²) < 4.78 is 29.0. The molecule has 0 aromatic heterocycles. The molecule has 1 unspecified atom stereocenters. The summed E-state index contributed by atoms with van der Waals surface area (Å²) in [4.78, 5) is 12.9. The number of carbonyl (C=O) groups is 1. The molecule has 0 amide bonds. The monoisotopic (exact) mass is 624 g/mol. The molecule has 0 spiro atoms. The molecule has 13 nitrogen and oxygen atoms in total. The van der Waals surface area contributed by atoms with E-state index in [4.69, 9.17) is 23.7 Å². The molecule has 1 aromatic carbocycles. The second kappa shape index (κ2) is 15.4.